The molecule has 0 unspecified atom stereocenters. The molecule has 5 rings (SSSR count). The lowest BCUT2D eigenvalue weighted by molar-refractivity contribution is -0.121. The molecule has 1 N–H and O–H groups in total. The van der Waals surface area contributed by atoms with Crippen LogP contribution in [0, 0.1) is 6.92 Å². The summed E-state index contributed by atoms with van der Waals surface area (Å²) in [6.07, 6.45) is 3.46. The summed E-state index contributed by atoms with van der Waals surface area (Å²) in [5.74, 6) is 2.08. The van der Waals surface area contributed by atoms with Crippen molar-refractivity contribution in [2.24, 2.45) is 0 Å². The van der Waals surface area contributed by atoms with Crippen LogP contribution in [0.25, 0.3) is 5.82 Å². The Balaban J connectivity index is 1.35. The first-order chi connectivity index (χ1) is 15.6. The largest absolute Gasteiger partial charge is 0.457 e. The average Bonchev–Trinajstić information content (AvgIpc) is 3.24. The molecule has 8 nitrogen and oxygen atoms in total. The van der Waals surface area contributed by atoms with Gasteiger partial charge in [-0.15, -0.1) is 0 Å². The number of hydrogen-bond donors (Lipinski definition) is 1. The normalized spacial score (nSPS) is 12.5. The van der Waals surface area contributed by atoms with E-state index >= 15 is 0 Å². The maximum absolute atomic E-state index is 13.2. The van der Waals surface area contributed by atoms with E-state index in [0.717, 1.165) is 17.0 Å². The molecule has 0 spiro atoms. The lowest BCUT2D eigenvalue weighted by Gasteiger charge is -2.27. The highest BCUT2D eigenvalue weighted by Gasteiger charge is 2.32. The third-order valence-electron chi connectivity index (χ3n) is 5.49. The molecule has 3 heterocycles. The van der Waals surface area contributed by atoms with E-state index in [0.29, 0.717) is 17.3 Å². The Labute approximate surface area is 184 Å². The van der Waals surface area contributed by atoms with Crippen LogP contribution in [0.1, 0.15) is 22.9 Å². The maximum atomic E-state index is 13.2. The van der Waals surface area contributed by atoms with Crippen LogP contribution in [-0.4, -0.2) is 31.8 Å². The number of carbonyl (C=O) groups is 1. The lowest BCUT2D eigenvalue weighted by Crippen LogP contribution is -2.36. The van der Waals surface area contributed by atoms with E-state index in [2.05, 4.69) is 15.4 Å². The number of ether oxygens (including phenoxy) is 1. The Bertz CT molecular complexity index is 1310. The molecule has 0 aliphatic carbocycles. The third kappa shape index (κ3) is 3.56. The van der Waals surface area contributed by atoms with Gasteiger partial charge in [-0.05, 0) is 25.1 Å². The van der Waals surface area contributed by atoms with Gasteiger partial charge in [0, 0.05) is 36.1 Å². The predicted octanol–water partition coefficient (Wildman–Crippen LogP) is 2.79. The molecule has 8 heteroatoms. The van der Waals surface area contributed by atoms with Gasteiger partial charge in [0.2, 0.25) is 5.91 Å². The van der Waals surface area contributed by atoms with Gasteiger partial charge in [0.1, 0.15) is 17.3 Å². The van der Waals surface area contributed by atoms with Crippen LogP contribution < -0.4 is 15.6 Å². The molecular weight excluding hydrogens is 406 g/mol. The molecule has 1 amide bonds. The van der Waals surface area contributed by atoms with Gasteiger partial charge in [0.15, 0.2) is 5.82 Å². The van der Waals surface area contributed by atoms with E-state index < -0.39 is 5.92 Å². The fraction of sp³-hybridized carbons (Fsp3) is 0.167. The number of hydrogen-bond acceptors (Lipinski definition) is 5. The van der Waals surface area contributed by atoms with Gasteiger partial charge in [-0.3, -0.25) is 14.2 Å². The highest BCUT2D eigenvalue weighted by atomic mass is 16.5. The highest BCUT2D eigenvalue weighted by Crippen LogP contribution is 2.43. The zero-order valence-electron chi connectivity index (χ0n) is 17.4. The number of para-hydroxylation sites is 2. The number of aryl methyl sites for hydroxylation is 1. The first-order valence-corrected chi connectivity index (χ1v) is 10.3. The second kappa shape index (κ2) is 8.14. The van der Waals surface area contributed by atoms with Gasteiger partial charge in [-0.25, -0.2) is 9.67 Å². The number of amides is 1. The summed E-state index contributed by atoms with van der Waals surface area (Å²) in [4.78, 5) is 29.7. The minimum absolute atomic E-state index is 0.150. The molecule has 0 saturated carbocycles. The van der Waals surface area contributed by atoms with Crippen LogP contribution in [-0.2, 0) is 11.3 Å². The van der Waals surface area contributed by atoms with Crippen LogP contribution in [0.3, 0.4) is 0 Å². The number of rotatable bonds is 5. The molecule has 1 aliphatic heterocycles. The third-order valence-corrected chi connectivity index (χ3v) is 5.49. The van der Waals surface area contributed by atoms with Crippen molar-refractivity contribution in [3.63, 3.8) is 0 Å². The number of fused-ring (bicyclic) bond motifs is 2. The summed E-state index contributed by atoms with van der Waals surface area (Å²) >= 11 is 0. The predicted molar refractivity (Wildman–Crippen MR) is 118 cm³/mol. The molecule has 0 radical (unpaired) electrons. The van der Waals surface area contributed by atoms with E-state index in [9.17, 15) is 9.59 Å². The Morgan fingerprint density at radius 2 is 1.72 bits per heavy atom. The van der Waals surface area contributed by atoms with Gasteiger partial charge in [0.05, 0.1) is 12.5 Å². The smallest absolute Gasteiger partial charge is 0.266 e. The van der Waals surface area contributed by atoms with Gasteiger partial charge in [-0.2, -0.15) is 5.10 Å². The summed E-state index contributed by atoms with van der Waals surface area (Å²) in [7, 11) is 0. The maximum Gasteiger partial charge on any atom is 0.266 e. The minimum Gasteiger partial charge on any atom is -0.457 e. The summed E-state index contributed by atoms with van der Waals surface area (Å²) < 4.78 is 9.11. The first-order valence-electron chi connectivity index (χ1n) is 10.3. The molecule has 0 bridgehead atoms. The standard InChI is InChI=1S/C24H21N5O3/c1-16-25-12-14-28(16)21-10-11-22(30)29(27-21)15-13-26-24(31)23-17-6-2-4-8-19(17)32-20-9-5-3-7-18(20)23/h2-12,14,23H,13,15H2,1H3,(H,26,31). The number of nitrogens with zero attached hydrogens (tertiary/aromatic N) is 4. The number of aromatic nitrogens is 4. The SMILES string of the molecule is Cc1nccn1-c1ccc(=O)n(CCNC(=O)C2c3ccccc3Oc3ccccc32)n1. The highest BCUT2D eigenvalue weighted by molar-refractivity contribution is 5.89. The molecule has 2 aromatic carbocycles. The van der Waals surface area contributed by atoms with Crippen LogP contribution in [0.5, 0.6) is 11.5 Å². The first kappa shape index (κ1) is 19.7. The van der Waals surface area contributed by atoms with Crippen molar-refractivity contribution in [3.05, 3.63) is 100 Å². The van der Waals surface area contributed by atoms with E-state index in [1.54, 1.807) is 23.0 Å². The van der Waals surface area contributed by atoms with Crippen molar-refractivity contribution in [3.8, 4) is 17.3 Å². The zero-order chi connectivity index (χ0) is 22.1. The van der Waals surface area contributed by atoms with Gasteiger partial charge >= 0.3 is 0 Å². The second-order valence-corrected chi connectivity index (χ2v) is 7.50. The molecule has 4 aromatic rings. The van der Waals surface area contributed by atoms with Crippen molar-refractivity contribution < 1.29 is 9.53 Å². The summed E-state index contributed by atoms with van der Waals surface area (Å²) in [6, 6.07) is 18.2. The Morgan fingerprint density at radius 1 is 1.03 bits per heavy atom. The molecular formula is C24H21N5O3. The van der Waals surface area contributed by atoms with Crippen LogP contribution in [0.15, 0.2) is 77.9 Å². The molecule has 32 heavy (non-hydrogen) atoms. The Kier molecular flexibility index (Phi) is 5.03. The van der Waals surface area contributed by atoms with Gasteiger partial charge in [0.25, 0.3) is 5.56 Å². The fourth-order valence-corrected chi connectivity index (χ4v) is 3.93. The van der Waals surface area contributed by atoms with Crippen molar-refractivity contribution >= 4 is 5.91 Å². The fourth-order valence-electron chi connectivity index (χ4n) is 3.93. The molecule has 0 fully saturated rings. The lowest BCUT2D eigenvalue weighted by atomic mass is 9.87. The number of nitrogens with one attached hydrogen (secondary N) is 1. The van der Waals surface area contributed by atoms with E-state index in [1.807, 2.05) is 55.5 Å². The average molecular weight is 427 g/mol. The monoisotopic (exact) mass is 427 g/mol. The van der Waals surface area contributed by atoms with E-state index in [4.69, 9.17) is 4.74 Å². The molecule has 1 aliphatic rings. The van der Waals surface area contributed by atoms with Crippen molar-refractivity contribution in [1.82, 2.24) is 24.6 Å². The van der Waals surface area contributed by atoms with E-state index in [1.165, 1.54) is 10.7 Å². The van der Waals surface area contributed by atoms with E-state index in [-0.39, 0.29) is 24.6 Å². The van der Waals surface area contributed by atoms with Crippen LogP contribution >= 0.6 is 0 Å². The second-order valence-electron chi connectivity index (χ2n) is 7.50. The Morgan fingerprint density at radius 3 is 2.38 bits per heavy atom. The Hall–Kier alpha value is -4.20. The van der Waals surface area contributed by atoms with Crippen LogP contribution in [0.2, 0.25) is 0 Å². The number of carbonyl (C=O) groups excluding carboxylic acids is 1. The molecule has 160 valence electrons. The quantitative estimate of drug-likeness (QED) is 0.529. The molecule has 0 atom stereocenters. The minimum atomic E-state index is -0.485. The zero-order valence-corrected chi connectivity index (χ0v) is 17.4. The van der Waals surface area contributed by atoms with Gasteiger partial charge < -0.3 is 10.1 Å². The van der Waals surface area contributed by atoms with Crippen molar-refractivity contribution in [1.29, 1.82) is 0 Å². The number of imidazole rings is 1. The molecule has 0 saturated heterocycles. The topological polar surface area (TPSA) is 91.0 Å². The summed E-state index contributed by atoms with van der Waals surface area (Å²) in [5, 5.41) is 7.37. The molecule has 2 aromatic heterocycles. The number of benzene rings is 2. The van der Waals surface area contributed by atoms with Crippen LogP contribution in [0.4, 0.5) is 0 Å². The summed E-state index contributed by atoms with van der Waals surface area (Å²) in [5.41, 5.74) is 1.40. The van der Waals surface area contributed by atoms with Gasteiger partial charge in [-0.1, -0.05) is 36.4 Å². The summed E-state index contributed by atoms with van der Waals surface area (Å²) in [6.45, 7) is 2.37. The van der Waals surface area contributed by atoms with Crippen molar-refractivity contribution in [2.75, 3.05) is 6.54 Å². The van der Waals surface area contributed by atoms with Crippen molar-refractivity contribution in [2.45, 2.75) is 19.4 Å².